The molecule has 0 aliphatic rings. The number of aromatic nitrogens is 2. The molecule has 0 unspecified atom stereocenters. The first-order valence-electron chi connectivity index (χ1n) is 4.26. The van der Waals surface area contributed by atoms with Crippen LogP contribution in [0.2, 0.25) is 5.02 Å². The molecule has 3 N–H and O–H groups in total. The standard InChI is InChI=1S/C8H13ClN4/c1-2-3-4-11-7-6(9)5-12-8(10)13-7/h5H,2-4H2,1H3,(H3,10,11,12,13). The molecule has 0 saturated heterocycles. The Bertz CT molecular complexity index is 277. The van der Waals surface area contributed by atoms with Crippen molar-refractivity contribution in [1.82, 2.24) is 9.97 Å². The Morgan fingerprint density at radius 1 is 1.62 bits per heavy atom. The molecular weight excluding hydrogens is 188 g/mol. The lowest BCUT2D eigenvalue weighted by atomic mass is 10.3. The van der Waals surface area contributed by atoms with Crippen molar-refractivity contribution in [2.75, 3.05) is 17.6 Å². The molecule has 0 spiro atoms. The largest absolute Gasteiger partial charge is 0.369 e. The molecule has 72 valence electrons. The third-order valence-corrected chi connectivity index (χ3v) is 1.86. The normalized spacial score (nSPS) is 10.0. The van der Waals surface area contributed by atoms with Crippen LogP contribution < -0.4 is 11.1 Å². The molecule has 0 saturated carbocycles. The van der Waals surface area contributed by atoms with Crippen molar-refractivity contribution >= 4 is 23.4 Å². The lowest BCUT2D eigenvalue weighted by Gasteiger charge is -2.05. The molecule has 1 aromatic rings. The highest BCUT2D eigenvalue weighted by Gasteiger charge is 2.01. The van der Waals surface area contributed by atoms with E-state index in [1.54, 1.807) is 0 Å². The Balaban J connectivity index is 2.59. The minimum atomic E-state index is 0.239. The van der Waals surface area contributed by atoms with Crippen LogP contribution in [0.25, 0.3) is 0 Å². The van der Waals surface area contributed by atoms with E-state index >= 15 is 0 Å². The zero-order valence-corrected chi connectivity index (χ0v) is 8.30. The topological polar surface area (TPSA) is 63.8 Å². The molecule has 1 rings (SSSR count). The maximum absolute atomic E-state index is 5.83. The van der Waals surface area contributed by atoms with E-state index in [9.17, 15) is 0 Å². The lowest BCUT2D eigenvalue weighted by Crippen LogP contribution is -2.05. The van der Waals surface area contributed by atoms with Crippen molar-refractivity contribution in [2.45, 2.75) is 19.8 Å². The fraction of sp³-hybridized carbons (Fsp3) is 0.500. The maximum atomic E-state index is 5.83. The summed E-state index contributed by atoms with van der Waals surface area (Å²) in [6.07, 6.45) is 3.71. The van der Waals surface area contributed by atoms with Crippen LogP contribution in [0.5, 0.6) is 0 Å². The summed E-state index contributed by atoms with van der Waals surface area (Å²) in [5, 5.41) is 3.60. The van der Waals surface area contributed by atoms with Gasteiger partial charge in [-0.2, -0.15) is 4.98 Å². The van der Waals surface area contributed by atoms with Gasteiger partial charge in [-0.3, -0.25) is 0 Å². The fourth-order valence-electron chi connectivity index (χ4n) is 0.888. The number of halogens is 1. The summed E-state index contributed by atoms with van der Waals surface area (Å²) in [7, 11) is 0. The van der Waals surface area contributed by atoms with Crippen molar-refractivity contribution < 1.29 is 0 Å². The molecule has 4 nitrogen and oxygen atoms in total. The van der Waals surface area contributed by atoms with Gasteiger partial charge in [0.25, 0.3) is 0 Å². The van der Waals surface area contributed by atoms with E-state index in [1.807, 2.05) is 0 Å². The Hall–Kier alpha value is -1.03. The summed E-state index contributed by atoms with van der Waals surface area (Å²) in [6, 6.07) is 0. The van der Waals surface area contributed by atoms with Gasteiger partial charge >= 0.3 is 0 Å². The number of rotatable bonds is 4. The smallest absolute Gasteiger partial charge is 0.222 e. The molecule has 0 aromatic carbocycles. The molecule has 0 aliphatic heterocycles. The van der Waals surface area contributed by atoms with Gasteiger partial charge in [-0.05, 0) is 6.42 Å². The Morgan fingerprint density at radius 2 is 2.38 bits per heavy atom. The van der Waals surface area contributed by atoms with E-state index in [1.165, 1.54) is 6.20 Å². The summed E-state index contributed by atoms with van der Waals surface area (Å²) in [5.74, 6) is 0.853. The van der Waals surface area contributed by atoms with Crippen molar-refractivity contribution in [3.05, 3.63) is 11.2 Å². The van der Waals surface area contributed by atoms with Gasteiger partial charge in [-0.1, -0.05) is 24.9 Å². The van der Waals surface area contributed by atoms with Crippen LogP contribution in [0, 0.1) is 0 Å². The van der Waals surface area contributed by atoms with Crippen LogP contribution in [0.3, 0.4) is 0 Å². The number of anilines is 2. The van der Waals surface area contributed by atoms with E-state index in [0.717, 1.165) is 19.4 Å². The minimum Gasteiger partial charge on any atom is -0.369 e. The van der Waals surface area contributed by atoms with Gasteiger partial charge < -0.3 is 11.1 Å². The number of nitrogens with two attached hydrogens (primary N) is 1. The van der Waals surface area contributed by atoms with E-state index in [-0.39, 0.29) is 5.95 Å². The molecule has 0 fully saturated rings. The van der Waals surface area contributed by atoms with Crippen molar-refractivity contribution in [3.63, 3.8) is 0 Å². The molecule has 1 heterocycles. The van der Waals surface area contributed by atoms with Crippen LogP contribution in [-0.2, 0) is 0 Å². The lowest BCUT2D eigenvalue weighted by molar-refractivity contribution is 0.830. The van der Waals surface area contributed by atoms with Gasteiger partial charge in [-0.25, -0.2) is 4.98 Å². The number of nitrogens with one attached hydrogen (secondary N) is 1. The van der Waals surface area contributed by atoms with Gasteiger partial charge in [0.05, 0.1) is 6.20 Å². The molecule has 0 aliphatic carbocycles. The van der Waals surface area contributed by atoms with Crippen LogP contribution in [0.1, 0.15) is 19.8 Å². The number of nitrogen functional groups attached to an aromatic ring is 1. The highest BCUT2D eigenvalue weighted by atomic mass is 35.5. The Labute approximate surface area is 82.5 Å². The molecule has 13 heavy (non-hydrogen) atoms. The molecule has 0 radical (unpaired) electrons. The average molecular weight is 201 g/mol. The molecule has 0 amide bonds. The Kier molecular flexibility index (Phi) is 3.76. The number of unbranched alkanes of at least 4 members (excludes halogenated alkanes) is 1. The van der Waals surface area contributed by atoms with Gasteiger partial charge in [-0.15, -0.1) is 0 Å². The number of nitrogens with zero attached hydrogens (tertiary/aromatic N) is 2. The molecule has 1 aromatic heterocycles. The molecular formula is C8H13ClN4. The van der Waals surface area contributed by atoms with Crippen LogP contribution in [0.15, 0.2) is 6.20 Å². The fourth-order valence-corrected chi connectivity index (χ4v) is 1.05. The third kappa shape index (κ3) is 3.06. The summed E-state index contributed by atoms with van der Waals surface area (Å²) in [5.41, 5.74) is 5.41. The van der Waals surface area contributed by atoms with E-state index in [2.05, 4.69) is 22.2 Å². The molecule has 0 bridgehead atoms. The van der Waals surface area contributed by atoms with E-state index in [0.29, 0.717) is 10.8 Å². The van der Waals surface area contributed by atoms with Crippen molar-refractivity contribution in [3.8, 4) is 0 Å². The Morgan fingerprint density at radius 3 is 3.08 bits per heavy atom. The monoisotopic (exact) mass is 200 g/mol. The summed E-state index contributed by atoms with van der Waals surface area (Å²) < 4.78 is 0. The second-order valence-corrected chi connectivity index (χ2v) is 3.11. The van der Waals surface area contributed by atoms with Crippen molar-refractivity contribution in [2.24, 2.45) is 0 Å². The SMILES string of the molecule is CCCCNc1nc(N)ncc1Cl. The average Bonchev–Trinajstić information content (AvgIpc) is 2.11. The molecule has 0 atom stereocenters. The highest BCUT2D eigenvalue weighted by molar-refractivity contribution is 6.32. The summed E-state index contributed by atoms with van der Waals surface area (Å²) >= 11 is 5.83. The maximum Gasteiger partial charge on any atom is 0.222 e. The van der Waals surface area contributed by atoms with Gasteiger partial charge in [0.15, 0.2) is 0 Å². The predicted octanol–water partition coefficient (Wildman–Crippen LogP) is 1.92. The zero-order chi connectivity index (χ0) is 9.68. The second kappa shape index (κ2) is 4.87. The van der Waals surface area contributed by atoms with Gasteiger partial charge in [0, 0.05) is 6.54 Å². The first kappa shape index (κ1) is 10.1. The molecule has 5 heteroatoms. The van der Waals surface area contributed by atoms with Gasteiger partial charge in [0.2, 0.25) is 5.95 Å². The van der Waals surface area contributed by atoms with Crippen LogP contribution in [0.4, 0.5) is 11.8 Å². The highest BCUT2D eigenvalue weighted by Crippen LogP contribution is 2.17. The zero-order valence-electron chi connectivity index (χ0n) is 7.55. The van der Waals surface area contributed by atoms with E-state index < -0.39 is 0 Å². The van der Waals surface area contributed by atoms with E-state index in [4.69, 9.17) is 17.3 Å². The van der Waals surface area contributed by atoms with Crippen molar-refractivity contribution in [1.29, 1.82) is 0 Å². The quantitative estimate of drug-likeness (QED) is 0.729. The third-order valence-electron chi connectivity index (χ3n) is 1.59. The number of hydrogen-bond donors (Lipinski definition) is 2. The first-order chi connectivity index (χ1) is 6.24. The number of hydrogen-bond acceptors (Lipinski definition) is 4. The summed E-state index contributed by atoms with van der Waals surface area (Å²) in [4.78, 5) is 7.73. The first-order valence-corrected chi connectivity index (χ1v) is 4.63. The predicted molar refractivity (Wildman–Crippen MR) is 54.9 cm³/mol. The minimum absolute atomic E-state index is 0.239. The van der Waals surface area contributed by atoms with Gasteiger partial charge in [0.1, 0.15) is 10.8 Å². The van der Waals surface area contributed by atoms with Crippen LogP contribution >= 0.6 is 11.6 Å². The second-order valence-electron chi connectivity index (χ2n) is 2.71. The summed E-state index contributed by atoms with van der Waals surface area (Å²) in [6.45, 7) is 2.98. The van der Waals surface area contributed by atoms with Crippen LogP contribution in [-0.4, -0.2) is 16.5 Å².